The molecule has 3 rings (SSSR count). The Morgan fingerprint density at radius 1 is 1.04 bits per heavy atom. The van der Waals surface area contributed by atoms with Gasteiger partial charge >= 0.3 is 0 Å². The summed E-state index contributed by atoms with van der Waals surface area (Å²) < 4.78 is 7.33. The maximum absolute atomic E-state index is 10.7. The summed E-state index contributed by atoms with van der Waals surface area (Å²) in [7, 11) is 0. The van der Waals surface area contributed by atoms with Gasteiger partial charge in [-0.15, -0.1) is 0 Å². The number of benzene rings is 1. The third-order valence-corrected chi connectivity index (χ3v) is 3.29. The molecule has 0 amide bonds. The van der Waals surface area contributed by atoms with E-state index in [-0.39, 0.29) is 5.69 Å². The zero-order valence-electron chi connectivity index (χ0n) is 13.4. The first-order valence-corrected chi connectivity index (χ1v) is 7.24. The summed E-state index contributed by atoms with van der Waals surface area (Å²) >= 11 is 0. The second-order valence-corrected chi connectivity index (χ2v) is 5.34. The van der Waals surface area contributed by atoms with E-state index in [0.717, 1.165) is 17.1 Å². The molecule has 0 fully saturated rings. The zero-order valence-corrected chi connectivity index (χ0v) is 13.4. The fourth-order valence-corrected chi connectivity index (χ4v) is 2.26. The molecule has 8 heteroatoms. The van der Waals surface area contributed by atoms with Crippen LogP contribution in [-0.2, 0) is 0 Å². The predicted octanol–water partition coefficient (Wildman–Crippen LogP) is 3.29. The Balaban J connectivity index is 1.91. The van der Waals surface area contributed by atoms with E-state index in [1.54, 1.807) is 10.7 Å². The van der Waals surface area contributed by atoms with Crippen molar-refractivity contribution in [2.75, 3.05) is 0 Å². The van der Waals surface area contributed by atoms with Gasteiger partial charge in [-0.3, -0.25) is 10.1 Å². The van der Waals surface area contributed by atoms with E-state index in [1.807, 2.05) is 26.8 Å². The number of hydrogen-bond donors (Lipinski definition) is 0. The molecule has 0 saturated heterocycles. The molecule has 0 aliphatic rings. The van der Waals surface area contributed by atoms with Gasteiger partial charge in [0.1, 0.15) is 5.75 Å². The zero-order chi connectivity index (χ0) is 17.3. The van der Waals surface area contributed by atoms with Gasteiger partial charge in [-0.05, 0) is 39.0 Å². The fraction of sp³-hybridized carbons (Fsp3) is 0.188. The third kappa shape index (κ3) is 3.22. The lowest BCUT2D eigenvalue weighted by molar-refractivity contribution is -0.384. The molecule has 1 aromatic carbocycles. The topological polar surface area (TPSA) is 96.0 Å². The second-order valence-electron chi connectivity index (χ2n) is 5.34. The van der Waals surface area contributed by atoms with Crippen LogP contribution in [0.25, 0.3) is 5.95 Å². The minimum absolute atomic E-state index is 0.00421. The number of ether oxygens (including phenoxy) is 1. The summed E-state index contributed by atoms with van der Waals surface area (Å²) in [5, 5.41) is 15.0. The van der Waals surface area contributed by atoms with Gasteiger partial charge in [0.15, 0.2) is 0 Å². The Hall–Kier alpha value is -3.29. The van der Waals surface area contributed by atoms with Crippen molar-refractivity contribution in [1.29, 1.82) is 0 Å². The van der Waals surface area contributed by atoms with Gasteiger partial charge in [0.25, 0.3) is 11.6 Å². The summed E-state index contributed by atoms with van der Waals surface area (Å²) in [4.78, 5) is 19.0. The Kier molecular flexibility index (Phi) is 3.95. The van der Waals surface area contributed by atoms with E-state index in [1.165, 1.54) is 24.3 Å². The number of non-ortho nitro benzene ring substituents is 1. The van der Waals surface area contributed by atoms with Crippen LogP contribution < -0.4 is 4.74 Å². The van der Waals surface area contributed by atoms with Crippen LogP contribution in [-0.4, -0.2) is 24.7 Å². The molecule has 0 bridgehead atoms. The minimum Gasteiger partial charge on any atom is -0.439 e. The molecule has 0 N–H and O–H groups in total. The molecule has 2 aromatic heterocycles. The Bertz CT molecular complexity index is 903. The Morgan fingerprint density at radius 3 is 2.33 bits per heavy atom. The van der Waals surface area contributed by atoms with Crippen LogP contribution in [0.1, 0.15) is 17.1 Å². The van der Waals surface area contributed by atoms with Gasteiger partial charge in [-0.1, -0.05) is 0 Å². The molecule has 8 nitrogen and oxygen atoms in total. The molecule has 2 heterocycles. The van der Waals surface area contributed by atoms with Crippen molar-refractivity contribution in [1.82, 2.24) is 19.7 Å². The first-order chi connectivity index (χ1) is 11.4. The van der Waals surface area contributed by atoms with Gasteiger partial charge in [0.05, 0.1) is 10.6 Å². The molecule has 122 valence electrons. The molecule has 0 aliphatic heterocycles. The molecular weight excluding hydrogens is 310 g/mol. The van der Waals surface area contributed by atoms with Crippen molar-refractivity contribution < 1.29 is 9.66 Å². The monoisotopic (exact) mass is 325 g/mol. The van der Waals surface area contributed by atoms with Crippen molar-refractivity contribution in [3.8, 4) is 17.6 Å². The molecular formula is C16H15N5O3. The number of rotatable bonds is 4. The smallest absolute Gasteiger partial charge is 0.269 e. The summed E-state index contributed by atoms with van der Waals surface area (Å²) in [6.07, 6.45) is 0. The lowest BCUT2D eigenvalue weighted by Crippen LogP contribution is -2.06. The number of nitrogens with zero attached hydrogens (tertiary/aromatic N) is 5. The SMILES string of the molecule is Cc1cc(Oc2ccc([N+](=O)[O-])cc2)nc(-n2nc(C)cc2C)n1. The molecule has 0 aliphatic carbocycles. The van der Waals surface area contributed by atoms with Gasteiger partial charge in [-0.2, -0.15) is 10.1 Å². The van der Waals surface area contributed by atoms with Crippen molar-refractivity contribution in [3.63, 3.8) is 0 Å². The van der Waals surface area contributed by atoms with E-state index in [4.69, 9.17) is 4.74 Å². The van der Waals surface area contributed by atoms with Gasteiger partial charge in [0, 0.05) is 29.6 Å². The van der Waals surface area contributed by atoms with E-state index in [0.29, 0.717) is 17.6 Å². The van der Waals surface area contributed by atoms with Crippen LogP contribution in [0.3, 0.4) is 0 Å². The third-order valence-electron chi connectivity index (χ3n) is 3.29. The average Bonchev–Trinajstić information content (AvgIpc) is 2.86. The average molecular weight is 325 g/mol. The van der Waals surface area contributed by atoms with Crippen molar-refractivity contribution >= 4 is 5.69 Å². The quantitative estimate of drug-likeness (QED) is 0.539. The summed E-state index contributed by atoms with van der Waals surface area (Å²) in [5.74, 6) is 1.22. The number of nitro groups is 1. The molecule has 0 atom stereocenters. The maximum Gasteiger partial charge on any atom is 0.269 e. The van der Waals surface area contributed by atoms with Crippen LogP contribution in [0, 0.1) is 30.9 Å². The van der Waals surface area contributed by atoms with Crippen molar-refractivity contribution in [2.24, 2.45) is 0 Å². The van der Waals surface area contributed by atoms with Gasteiger partial charge < -0.3 is 4.74 Å². The normalized spacial score (nSPS) is 10.6. The Morgan fingerprint density at radius 2 is 1.75 bits per heavy atom. The lowest BCUT2D eigenvalue weighted by atomic mass is 10.3. The first-order valence-electron chi connectivity index (χ1n) is 7.24. The summed E-state index contributed by atoms with van der Waals surface area (Å²) in [6.45, 7) is 5.65. The van der Waals surface area contributed by atoms with Gasteiger partial charge in [-0.25, -0.2) is 9.67 Å². The van der Waals surface area contributed by atoms with Crippen LogP contribution >= 0.6 is 0 Å². The van der Waals surface area contributed by atoms with Crippen molar-refractivity contribution in [3.05, 3.63) is 63.6 Å². The highest BCUT2D eigenvalue weighted by molar-refractivity contribution is 5.38. The second kappa shape index (κ2) is 6.07. The van der Waals surface area contributed by atoms with Crippen LogP contribution in [0.4, 0.5) is 5.69 Å². The number of aromatic nitrogens is 4. The largest absolute Gasteiger partial charge is 0.439 e. The van der Waals surface area contributed by atoms with Gasteiger partial charge in [0.2, 0.25) is 5.88 Å². The molecule has 0 unspecified atom stereocenters. The molecule has 24 heavy (non-hydrogen) atoms. The standard InChI is InChI=1S/C16H15N5O3/c1-10-9-15(24-14-6-4-13(5-7-14)21(22)23)18-16(17-10)20-12(3)8-11(2)19-20/h4-9H,1-3H3. The molecule has 0 saturated carbocycles. The van der Waals surface area contributed by atoms with Crippen molar-refractivity contribution in [2.45, 2.75) is 20.8 Å². The van der Waals surface area contributed by atoms with Crippen LogP contribution in [0.5, 0.6) is 11.6 Å². The fourth-order valence-electron chi connectivity index (χ4n) is 2.26. The van der Waals surface area contributed by atoms with Crippen LogP contribution in [0.15, 0.2) is 36.4 Å². The predicted molar refractivity (Wildman–Crippen MR) is 86.5 cm³/mol. The van der Waals surface area contributed by atoms with E-state index < -0.39 is 4.92 Å². The molecule has 0 spiro atoms. The van der Waals surface area contributed by atoms with Crippen LogP contribution in [0.2, 0.25) is 0 Å². The first kappa shape index (κ1) is 15.6. The number of nitro benzene ring substituents is 1. The highest BCUT2D eigenvalue weighted by atomic mass is 16.6. The highest BCUT2D eigenvalue weighted by Crippen LogP contribution is 2.23. The molecule has 3 aromatic rings. The number of aryl methyl sites for hydroxylation is 3. The highest BCUT2D eigenvalue weighted by Gasteiger charge is 2.11. The van der Waals surface area contributed by atoms with E-state index >= 15 is 0 Å². The Labute approximate surface area is 137 Å². The van der Waals surface area contributed by atoms with E-state index in [2.05, 4.69) is 15.1 Å². The number of hydrogen-bond acceptors (Lipinski definition) is 6. The summed E-state index contributed by atoms with van der Waals surface area (Å²) in [6, 6.07) is 9.44. The molecule has 0 radical (unpaired) electrons. The van der Waals surface area contributed by atoms with E-state index in [9.17, 15) is 10.1 Å². The lowest BCUT2D eigenvalue weighted by Gasteiger charge is -2.08. The summed E-state index contributed by atoms with van der Waals surface area (Å²) in [5.41, 5.74) is 2.52. The maximum atomic E-state index is 10.7. The minimum atomic E-state index is -0.459.